The molecule has 0 spiro atoms. The Bertz CT molecular complexity index is 1060. The average Bonchev–Trinajstić information content (AvgIpc) is 2.68. The van der Waals surface area contributed by atoms with Crippen LogP contribution < -0.4 is 5.56 Å². The van der Waals surface area contributed by atoms with Gasteiger partial charge in [0, 0.05) is 16.5 Å². The van der Waals surface area contributed by atoms with Gasteiger partial charge in [0.15, 0.2) is 0 Å². The Kier molecular flexibility index (Phi) is 5.19. The molecular formula is C24H26N2O. The third-order valence-electron chi connectivity index (χ3n) is 5.62. The Morgan fingerprint density at radius 1 is 1.07 bits per heavy atom. The van der Waals surface area contributed by atoms with E-state index >= 15 is 0 Å². The summed E-state index contributed by atoms with van der Waals surface area (Å²) in [5, 5.41) is 11.0. The van der Waals surface area contributed by atoms with E-state index in [0.717, 1.165) is 53.3 Å². The molecule has 1 aromatic heterocycles. The summed E-state index contributed by atoms with van der Waals surface area (Å²) in [4.78, 5) is 15.5. The molecule has 0 radical (unpaired) electrons. The Morgan fingerprint density at radius 2 is 1.78 bits per heavy atom. The van der Waals surface area contributed by atoms with E-state index in [0.29, 0.717) is 6.42 Å². The van der Waals surface area contributed by atoms with Crippen molar-refractivity contribution >= 4 is 10.9 Å². The van der Waals surface area contributed by atoms with Gasteiger partial charge >= 0.3 is 0 Å². The Morgan fingerprint density at radius 3 is 2.48 bits per heavy atom. The van der Waals surface area contributed by atoms with Crippen molar-refractivity contribution in [3.8, 4) is 6.07 Å². The number of hydrogen-bond acceptors (Lipinski definition) is 2. The van der Waals surface area contributed by atoms with Gasteiger partial charge in [0.05, 0.1) is 11.5 Å². The van der Waals surface area contributed by atoms with Crippen LogP contribution in [0.25, 0.3) is 10.9 Å². The van der Waals surface area contributed by atoms with Crippen LogP contribution in [0.1, 0.15) is 49.4 Å². The van der Waals surface area contributed by atoms with E-state index in [1.165, 1.54) is 5.56 Å². The molecule has 4 rings (SSSR count). The first-order valence-electron chi connectivity index (χ1n) is 9.24. The molecule has 1 heterocycles. The largest absolute Gasteiger partial charge is 0.322 e. The standard InChI is InChI=1S/C23H22N2O.CH4/c1-23(15-24,14-16-7-3-2-4-8-16)17-11-12-19-18-9-5-6-10-20(18)22(26)25-21(19)13-17;/h2-4,7-8,11-13H,5-6,9-10,14H2,1H3,(H,25,26);1H4/t23-;/m1./s1. The molecule has 0 bridgehead atoms. The predicted octanol–water partition coefficient (Wildman–Crippen LogP) is 5.07. The molecule has 0 saturated heterocycles. The number of aromatic nitrogens is 1. The van der Waals surface area contributed by atoms with Crippen molar-refractivity contribution in [2.75, 3.05) is 0 Å². The van der Waals surface area contributed by atoms with Gasteiger partial charge < -0.3 is 4.98 Å². The van der Waals surface area contributed by atoms with E-state index in [2.05, 4.69) is 35.3 Å². The highest BCUT2D eigenvalue weighted by Crippen LogP contribution is 2.32. The number of nitrogens with one attached hydrogen (secondary N) is 1. The first-order valence-corrected chi connectivity index (χ1v) is 9.24. The third-order valence-corrected chi connectivity index (χ3v) is 5.62. The smallest absolute Gasteiger partial charge is 0.251 e. The summed E-state index contributed by atoms with van der Waals surface area (Å²) in [6.45, 7) is 1.97. The zero-order valence-corrected chi connectivity index (χ0v) is 15.0. The number of fused-ring (bicyclic) bond motifs is 3. The van der Waals surface area contributed by atoms with Crippen molar-refractivity contribution in [1.82, 2.24) is 4.98 Å². The van der Waals surface area contributed by atoms with Crippen LogP contribution in [0.15, 0.2) is 53.3 Å². The van der Waals surface area contributed by atoms with Crippen LogP contribution >= 0.6 is 0 Å². The first kappa shape index (κ1) is 18.9. The van der Waals surface area contributed by atoms with E-state index in [-0.39, 0.29) is 13.0 Å². The topological polar surface area (TPSA) is 56.6 Å². The zero-order chi connectivity index (χ0) is 18.1. The van der Waals surface area contributed by atoms with Crippen molar-refractivity contribution in [1.29, 1.82) is 5.26 Å². The maximum atomic E-state index is 12.5. The summed E-state index contributed by atoms with van der Waals surface area (Å²) in [5.74, 6) is 0. The van der Waals surface area contributed by atoms with Crippen LogP contribution in [0, 0.1) is 11.3 Å². The number of rotatable bonds is 3. The maximum Gasteiger partial charge on any atom is 0.251 e. The number of nitriles is 1. The van der Waals surface area contributed by atoms with Gasteiger partial charge in [-0.15, -0.1) is 0 Å². The maximum absolute atomic E-state index is 12.5. The van der Waals surface area contributed by atoms with E-state index < -0.39 is 5.41 Å². The molecule has 1 aliphatic carbocycles. The number of aryl methyl sites for hydroxylation is 1. The lowest BCUT2D eigenvalue weighted by Crippen LogP contribution is -2.24. The highest BCUT2D eigenvalue weighted by Gasteiger charge is 2.28. The Labute approximate surface area is 160 Å². The van der Waals surface area contributed by atoms with Gasteiger partial charge in [-0.3, -0.25) is 4.79 Å². The molecule has 0 amide bonds. The second-order valence-electron chi connectivity index (χ2n) is 7.48. The quantitative estimate of drug-likeness (QED) is 0.711. The fraction of sp³-hybridized carbons (Fsp3) is 0.333. The SMILES string of the molecule is C.C[C@](C#N)(Cc1ccccc1)c1ccc2c3c(c(=O)[nH]c2c1)CCCC3. The molecule has 1 atom stereocenters. The number of benzene rings is 2. The van der Waals surface area contributed by atoms with Crippen molar-refractivity contribution < 1.29 is 0 Å². The molecule has 1 N–H and O–H groups in total. The predicted molar refractivity (Wildman–Crippen MR) is 111 cm³/mol. The van der Waals surface area contributed by atoms with Crippen LogP contribution in [0.5, 0.6) is 0 Å². The molecule has 0 unspecified atom stereocenters. The zero-order valence-electron chi connectivity index (χ0n) is 15.0. The van der Waals surface area contributed by atoms with Gasteiger partial charge in [-0.2, -0.15) is 5.26 Å². The van der Waals surface area contributed by atoms with Gasteiger partial charge in [0.1, 0.15) is 0 Å². The summed E-state index contributed by atoms with van der Waals surface area (Å²) in [6, 6.07) is 18.7. The minimum Gasteiger partial charge on any atom is -0.322 e. The molecule has 138 valence electrons. The van der Waals surface area contributed by atoms with E-state index in [1.54, 1.807) is 0 Å². The van der Waals surface area contributed by atoms with Crippen molar-refractivity contribution in [2.45, 2.75) is 51.9 Å². The monoisotopic (exact) mass is 358 g/mol. The van der Waals surface area contributed by atoms with Gasteiger partial charge in [0.2, 0.25) is 0 Å². The summed E-state index contributed by atoms with van der Waals surface area (Å²) in [5.41, 5.74) is 4.47. The molecule has 27 heavy (non-hydrogen) atoms. The van der Waals surface area contributed by atoms with Gasteiger partial charge in [0.25, 0.3) is 5.56 Å². The highest BCUT2D eigenvalue weighted by molar-refractivity contribution is 5.84. The summed E-state index contributed by atoms with van der Waals surface area (Å²) in [6.07, 6.45) is 4.70. The molecule has 3 aromatic rings. The number of hydrogen-bond donors (Lipinski definition) is 1. The lowest BCUT2D eigenvalue weighted by Gasteiger charge is -2.24. The minimum absolute atomic E-state index is 0. The fourth-order valence-electron chi connectivity index (χ4n) is 4.12. The number of nitrogens with zero attached hydrogens (tertiary/aromatic N) is 1. The first-order chi connectivity index (χ1) is 12.6. The van der Waals surface area contributed by atoms with Crippen molar-refractivity contribution in [3.63, 3.8) is 0 Å². The van der Waals surface area contributed by atoms with E-state index in [4.69, 9.17) is 0 Å². The van der Waals surface area contributed by atoms with Crippen molar-refractivity contribution in [3.05, 3.63) is 81.1 Å². The molecule has 0 saturated carbocycles. The lowest BCUT2D eigenvalue weighted by molar-refractivity contribution is 0.607. The molecule has 2 aromatic carbocycles. The highest BCUT2D eigenvalue weighted by atomic mass is 16.1. The lowest BCUT2D eigenvalue weighted by atomic mass is 9.78. The van der Waals surface area contributed by atoms with Crippen LogP contribution in [0.4, 0.5) is 0 Å². The molecule has 0 fully saturated rings. The molecule has 1 aliphatic rings. The Hall–Kier alpha value is -2.86. The summed E-state index contributed by atoms with van der Waals surface area (Å²) in [7, 11) is 0. The second-order valence-corrected chi connectivity index (χ2v) is 7.48. The molecule has 3 heteroatoms. The number of H-pyrrole nitrogens is 1. The number of aromatic amines is 1. The summed E-state index contributed by atoms with van der Waals surface area (Å²) < 4.78 is 0. The minimum atomic E-state index is -0.637. The second kappa shape index (κ2) is 7.40. The molecular weight excluding hydrogens is 332 g/mol. The fourth-order valence-corrected chi connectivity index (χ4v) is 4.12. The normalized spacial score (nSPS) is 15.3. The van der Waals surface area contributed by atoms with Crippen molar-refractivity contribution in [2.24, 2.45) is 0 Å². The van der Waals surface area contributed by atoms with Crippen LogP contribution in [0.3, 0.4) is 0 Å². The van der Waals surface area contributed by atoms with Gasteiger partial charge in [-0.1, -0.05) is 49.9 Å². The van der Waals surface area contributed by atoms with E-state index in [1.807, 2.05) is 31.2 Å². The summed E-state index contributed by atoms with van der Waals surface area (Å²) >= 11 is 0. The van der Waals surface area contributed by atoms with E-state index in [9.17, 15) is 10.1 Å². The third kappa shape index (κ3) is 3.40. The molecule has 3 nitrogen and oxygen atoms in total. The Balaban J connectivity index is 0.00000210. The number of pyridine rings is 1. The average molecular weight is 358 g/mol. The van der Waals surface area contributed by atoms with Crippen LogP contribution in [-0.2, 0) is 24.7 Å². The van der Waals surface area contributed by atoms with Gasteiger partial charge in [-0.05, 0) is 61.8 Å². The molecule has 0 aliphatic heterocycles. The van der Waals surface area contributed by atoms with Crippen LogP contribution in [0.2, 0.25) is 0 Å². The van der Waals surface area contributed by atoms with Gasteiger partial charge in [-0.25, -0.2) is 0 Å². The van der Waals surface area contributed by atoms with Crippen LogP contribution in [-0.4, -0.2) is 4.98 Å².